The number of thioether (sulfide) groups is 1. The summed E-state index contributed by atoms with van der Waals surface area (Å²) in [7, 11) is 0. The van der Waals surface area contributed by atoms with Crippen LogP contribution in [0.25, 0.3) is 0 Å². The Morgan fingerprint density at radius 3 is 3.00 bits per heavy atom. The molecule has 3 heteroatoms. The molecule has 0 aromatic rings. The molecule has 2 aliphatic rings. The summed E-state index contributed by atoms with van der Waals surface area (Å²) in [5.74, 6) is 2.33. The maximum absolute atomic E-state index is 12.7. The van der Waals surface area contributed by atoms with Crippen molar-refractivity contribution < 1.29 is 4.39 Å². The van der Waals surface area contributed by atoms with Gasteiger partial charge in [0.1, 0.15) is 6.17 Å². The Kier molecular flexibility index (Phi) is 1.65. The number of rotatable bonds is 0. The first-order valence-corrected chi connectivity index (χ1v) is 4.93. The Hall–Kier alpha value is 0.240. The van der Waals surface area contributed by atoms with Crippen molar-refractivity contribution in [2.45, 2.75) is 24.6 Å². The molecule has 58 valence electrons. The summed E-state index contributed by atoms with van der Waals surface area (Å²) in [5.41, 5.74) is 0.198. The molecule has 2 saturated heterocycles. The second-order valence-corrected chi connectivity index (χ2v) is 4.37. The number of halogens is 1. The van der Waals surface area contributed by atoms with E-state index in [2.05, 4.69) is 5.32 Å². The van der Waals surface area contributed by atoms with Gasteiger partial charge in [0, 0.05) is 17.8 Å². The van der Waals surface area contributed by atoms with Crippen LogP contribution >= 0.6 is 11.8 Å². The summed E-state index contributed by atoms with van der Waals surface area (Å²) < 4.78 is 12.7. The van der Waals surface area contributed by atoms with Gasteiger partial charge in [-0.05, 0) is 18.6 Å². The van der Waals surface area contributed by atoms with Crippen molar-refractivity contribution in [3.8, 4) is 0 Å². The molecule has 2 rings (SSSR count). The Labute approximate surface area is 64.8 Å². The van der Waals surface area contributed by atoms with Crippen LogP contribution in [0.15, 0.2) is 0 Å². The molecule has 1 N–H and O–H groups in total. The fourth-order valence-corrected chi connectivity index (χ4v) is 3.24. The van der Waals surface area contributed by atoms with Crippen LogP contribution in [0.3, 0.4) is 0 Å². The average molecular weight is 161 g/mol. The van der Waals surface area contributed by atoms with E-state index in [4.69, 9.17) is 0 Å². The predicted octanol–water partition coefficient (Wildman–Crippen LogP) is 1.19. The van der Waals surface area contributed by atoms with Crippen LogP contribution in [0.1, 0.15) is 12.8 Å². The highest BCUT2D eigenvalue weighted by Gasteiger charge is 2.41. The lowest BCUT2D eigenvalue weighted by atomic mass is 9.97. The van der Waals surface area contributed by atoms with Crippen molar-refractivity contribution in [2.24, 2.45) is 0 Å². The summed E-state index contributed by atoms with van der Waals surface area (Å²) in [6.45, 7) is 0.584. The van der Waals surface area contributed by atoms with Crippen LogP contribution in [0.4, 0.5) is 4.39 Å². The van der Waals surface area contributed by atoms with Crippen molar-refractivity contribution >= 4 is 11.8 Å². The minimum atomic E-state index is -0.585. The summed E-state index contributed by atoms with van der Waals surface area (Å²) in [6.07, 6.45) is 1.33. The molecular weight excluding hydrogens is 149 g/mol. The van der Waals surface area contributed by atoms with E-state index in [1.807, 2.05) is 11.8 Å². The summed E-state index contributed by atoms with van der Waals surface area (Å²) >= 11 is 1.94. The van der Waals surface area contributed by atoms with E-state index >= 15 is 0 Å². The van der Waals surface area contributed by atoms with Gasteiger partial charge >= 0.3 is 0 Å². The lowest BCUT2D eigenvalue weighted by Crippen LogP contribution is -2.39. The number of nitrogens with one attached hydrogen (secondary N) is 1. The van der Waals surface area contributed by atoms with E-state index in [-0.39, 0.29) is 5.54 Å². The predicted molar refractivity (Wildman–Crippen MR) is 42.2 cm³/mol. The SMILES string of the molecule is FC1CNC2(CCSC2)C1. The summed E-state index contributed by atoms with van der Waals surface area (Å²) in [4.78, 5) is 0. The fourth-order valence-electron chi connectivity index (χ4n) is 1.80. The van der Waals surface area contributed by atoms with Gasteiger partial charge in [-0.15, -0.1) is 0 Å². The molecule has 1 nitrogen and oxygen atoms in total. The molecular formula is C7H12FNS. The standard InChI is InChI=1S/C7H12FNS/c8-6-3-7(9-4-6)1-2-10-5-7/h6,9H,1-5H2. The number of hydrogen-bond acceptors (Lipinski definition) is 2. The van der Waals surface area contributed by atoms with Crippen molar-refractivity contribution in [1.82, 2.24) is 5.32 Å². The van der Waals surface area contributed by atoms with Crippen LogP contribution in [-0.4, -0.2) is 29.8 Å². The van der Waals surface area contributed by atoms with Crippen molar-refractivity contribution in [2.75, 3.05) is 18.1 Å². The van der Waals surface area contributed by atoms with Crippen LogP contribution < -0.4 is 5.32 Å². The van der Waals surface area contributed by atoms with Gasteiger partial charge in [0.05, 0.1) is 0 Å². The van der Waals surface area contributed by atoms with E-state index in [1.54, 1.807) is 0 Å². The number of hydrogen-bond donors (Lipinski definition) is 1. The Morgan fingerprint density at radius 2 is 2.50 bits per heavy atom. The van der Waals surface area contributed by atoms with E-state index in [1.165, 1.54) is 5.75 Å². The van der Waals surface area contributed by atoms with Gasteiger partial charge in [0.25, 0.3) is 0 Å². The summed E-state index contributed by atoms with van der Waals surface area (Å²) in [6, 6.07) is 0. The van der Waals surface area contributed by atoms with Crippen LogP contribution in [0.2, 0.25) is 0 Å². The number of alkyl halides is 1. The molecule has 2 fully saturated rings. The zero-order valence-electron chi connectivity index (χ0n) is 5.90. The van der Waals surface area contributed by atoms with Gasteiger partial charge in [-0.25, -0.2) is 4.39 Å². The second kappa shape index (κ2) is 2.38. The Balaban J connectivity index is 2.03. The van der Waals surface area contributed by atoms with Gasteiger partial charge in [-0.2, -0.15) is 11.8 Å². The van der Waals surface area contributed by atoms with E-state index in [9.17, 15) is 4.39 Å². The molecule has 2 unspecified atom stereocenters. The molecule has 0 aliphatic carbocycles. The van der Waals surface area contributed by atoms with E-state index in [0.717, 1.165) is 18.6 Å². The fraction of sp³-hybridized carbons (Fsp3) is 1.00. The highest BCUT2D eigenvalue weighted by molar-refractivity contribution is 7.99. The van der Waals surface area contributed by atoms with Gasteiger partial charge in [-0.1, -0.05) is 0 Å². The molecule has 0 bridgehead atoms. The van der Waals surface area contributed by atoms with Crippen LogP contribution in [-0.2, 0) is 0 Å². The van der Waals surface area contributed by atoms with Gasteiger partial charge in [0.2, 0.25) is 0 Å². The second-order valence-electron chi connectivity index (χ2n) is 3.27. The molecule has 0 amide bonds. The van der Waals surface area contributed by atoms with E-state index < -0.39 is 6.17 Å². The smallest absolute Gasteiger partial charge is 0.114 e. The maximum atomic E-state index is 12.7. The molecule has 2 atom stereocenters. The average Bonchev–Trinajstić information content (AvgIpc) is 2.46. The highest BCUT2D eigenvalue weighted by atomic mass is 32.2. The lowest BCUT2D eigenvalue weighted by molar-refractivity contribution is 0.333. The largest absolute Gasteiger partial charge is 0.307 e. The normalized spacial score (nSPS) is 47.1. The van der Waals surface area contributed by atoms with Crippen LogP contribution in [0, 0.1) is 0 Å². The molecule has 1 spiro atoms. The minimum absolute atomic E-state index is 0.198. The van der Waals surface area contributed by atoms with Gasteiger partial charge in [0.15, 0.2) is 0 Å². The third-order valence-electron chi connectivity index (χ3n) is 2.41. The lowest BCUT2D eigenvalue weighted by Gasteiger charge is -2.20. The maximum Gasteiger partial charge on any atom is 0.114 e. The molecule has 0 radical (unpaired) electrons. The third kappa shape index (κ3) is 1.05. The first-order chi connectivity index (χ1) is 4.81. The summed E-state index contributed by atoms with van der Waals surface area (Å²) in [5, 5.41) is 3.29. The van der Waals surface area contributed by atoms with Gasteiger partial charge in [-0.3, -0.25) is 0 Å². The molecule has 0 saturated carbocycles. The highest BCUT2D eigenvalue weighted by Crippen LogP contribution is 2.35. The van der Waals surface area contributed by atoms with Crippen LogP contribution in [0.5, 0.6) is 0 Å². The first kappa shape index (κ1) is 6.92. The molecule has 0 aromatic carbocycles. The van der Waals surface area contributed by atoms with Crippen molar-refractivity contribution in [3.05, 3.63) is 0 Å². The quantitative estimate of drug-likeness (QED) is 0.573. The zero-order valence-corrected chi connectivity index (χ0v) is 6.72. The molecule has 0 aromatic heterocycles. The molecule has 10 heavy (non-hydrogen) atoms. The minimum Gasteiger partial charge on any atom is -0.307 e. The Bertz CT molecular complexity index is 134. The molecule has 2 aliphatic heterocycles. The first-order valence-electron chi connectivity index (χ1n) is 3.78. The third-order valence-corrected chi connectivity index (χ3v) is 3.66. The van der Waals surface area contributed by atoms with Crippen molar-refractivity contribution in [1.29, 1.82) is 0 Å². The Morgan fingerprint density at radius 1 is 1.60 bits per heavy atom. The molecule has 2 heterocycles. The zero-order chi connectivity index (χ0) is 7.03. The van der Waals surface area contributed by atoms with E-state index in [0.29, 0.717) is 6.54 Å². The van der Waals surface area contributed by atoms with Crippen molar-refractivity contribution in [3.63, 3.8) is 0 Å². The monoisotopic (exact) mass is 161 g/mol. The topological polar surface area (TPSA) is 12.0 Å². The van der Waals surface area contributed by atoms with Gasteiger partial charge < -0.3 is 5.32 Å².